The maximum absolute atomic E-state index is 12.5. The van der Waals surface area contributed by atoms with Gasteiger partial charge in [-0.1, -0.05) is 6.07 Å². The number of piperazine rings is 1. The van der Waals surface area contributed by atoms with Crippen LogP contribution in [0.4, 0.5) is 11.6 Å². The Kier molecular flexibility index (Phi) is 5.64. The second-order valence-corrected chi connectivity index (χ2v) is 6.91. The van der Waals surface area contributed by atoms with Crippen LogP contribution in [-0.4, -0.2) is 68.5 Å². The van der Waals surface area contributed by atoms with Crippen molar-refractivity contribution in [1.29, 1.82) is 0 Å². The Balaban J connectivity index is 1.21. The first-order chi connectivity index (χ1) is 14.2. The number of aryl methyl sites for hydroxylation is 1. The molecule has 1 fully saturated rings. The first kappa shape index (κ1) is 18.9. The van der Waals surface area contributed by atoms with Crippen LogP contribution >= 0.6 is 0 Å². The number of amides is 1. The van der Waals surface area contributed by atoms with Gasteiger partial charge in [-0.3, -0.25) is 4.79 Å². The summed E-state index contributed by atoms with van der Waals surface area (Å²) in [5.74, 6) is 2.42. The molecule has 4 heterocycles. The van der Waals surface area contributed by atoms with Gasteiger partial charge in [0.1, 0.15) is 11.6 Å². The van der Waals surface area contributed by atoms with Gasteiger partial charge in [0.25, 0.3) is 0 Å². The van der Waals surface area contributed by atoms with Gasteiger partial charge < -0.3 is 15.1 Å². The number of hydrogen-bond acceptors (Lipinski definition) is 7. The van der Waals surface area contributed by atoms with Crippen molar-refractivity contribution in [2.75, 3.05) is 42.9 Å². The molecule has 1 amide bonds. The number of pyridine rings is 1. The highest BCUT2D eigenvalue weighted by Crippen LogP contribution is 2.13. The number of nitrogens with one attached hydrogen (secondary N) is 1. The number of carbonyl (C=O) groups is 1. The molecule has 4 rings (SSSR count). The van der Waals surface area contributed by atoms with Crippen molar-refractivity contribution in [2.24, 2.45) is 0 Å². The fourth-order valence-corrected chi connectivity index (χ4v) is 3.27. The van der Waals surface area contributed by atoms with E-state index in [1.54, 1.807) is 10.9 Å². The molecule has 0 aromatic carbocycles. The molecule has 0 radical (unpaired) electrons. The standard InChI is InChI=1S/C20H24N8O/c1-16-8-11-28(25-16)19-6-5-17(23-24-19)21-10-7-20(29)27-14-12-26(13-15-27)18-4-2-3-9-22-18/h2-6,8-9,11H,7,10,12-15H2,1H3,(H,21,23). The zero-order valence-corrected chi connectivity index (χ0v) is 16.4. The monoisotopic (exact) mass is 392 g/mol. The third-order valence-electron chi connectivity index (χ3n) is 4.86. The van der Waals surface area contributed by atoms with Gasteiger partial charge in [-0.2, -0.15) is 5.10 Å². The minimum absolute atomic E-state index is 0.148. The molecule has 0 spiro atoms. The predicted molar refractivity (Wildman–Crippen MR) is 110 cm³/mol. The molecule has 1 N–H and O–H groups in total. The van der Waals surface area contributed by atoms with E-state index in [-0.39, 0.29) is 5.91 Å². The second kappa shape index (κ2) is 8.68. The normalized spacial score (nSPS) is 14.1. The van der Waals surface area contributed by atoms with E-state index in [2.05, 4.69) is 30.5 Å². The lowest BCUT2D eigenvalue weighted by molar-refractivity contribution is -0.131. The number of rotatable bonds is 6. The van der Waals surface area contributed by atoms with Crippen molar-refractivity contribution in [3.8, 4) is 5.82 Å². The molecule has 1 aliphatic rings. The van der Waals surface area contributed by atoms with Crippen molar-refractivity contribution in [2.45, 2.75) is 13.3 Å². The van der Waals surface area contributed by atoms with E-state index >= 15 is 0 Å². The average molecular weight is 392 g/mol. The lowest BCUT2D eigenvalue weighted by Crippen LogP contribution is -2.49. The third kappa shape index (κ3) is 4.68. The molecule has 1 aliphatic heterocycles. The van der Waals surface area contributed by atoms with E-state index < -0.39 is 0 Å². The zero-order chi connectivity index (χ0) is 20.1. The molecular formula is C20H24N8O. The van der Waals surface area contributed by atoms with Gasteiger partial charge in [-0.15, -0.1) is 10.2 Å². The van der Waals surface area contributed by atoms with Gasteiger partial charge in [-0.05, 0) is 37.3 Å². The fourth-order valence-electron chi connectivity index (χ4n) is 3.27. The van der Waals surface area contributed by atoms with E-state index in [0.29, 0.717) is 37.7 Å². The zero-order valence-electron chi connectivity index (χ0n) is 16.4. The molecule has 29 heavy (non-hydrogen) atoms. The van der Waals surface area contributed by atoms with E-state index in [1.165, 1.54) is 0 Å². The van der Waals surface area contributed by atoms with Crippen molar-refractivity contribution in [3.63, 3.8) is 0 Å². The van der Waals surface area contributed by atoms with E-state index in [1.807, 2.05) is 54.4 Å². The van der Waals surface area contributed by atoms with Crippen LogP contribution in [0.2, 0.25) is 0 Å². The van der Waals surface area contributed by atoms with E-state index in [4.69, 9.17) is 0 Å². The summed E-state index contributed by atoms with van der Waals surface area (Å²) in [4.78, 5) is 21.0. The van der Waals surface area contributed by atoms with Crippen molar-refractivity contribution in [3.05, 3.63) is 54.5 Å². The fraction of sp³-hybridized carbons (Fsp3) is 0.350. The van der Waals surface area contributed by atoms with Crippen LogP contribution in [0, 0.1) is 6.92 Å². The van der Waals surface area contributed by atoms with Crippen LogP contribution in [0.1, 0.15) is 12.1 Å². The summed E-state index contributed by atoms with van der Waals surface area (Å²) >= 11 is 0. The molecule has 0 aliphatic carbocycles. The molecule has 0 unspecified atom stereocenters. The molecule has 0 bridgehead atoms. The molecule has 0 atom stereocenters. The Morgan fingerprint density at radius 2 is 1.90 bits per heavy atom. The Hall–Kier alpha value is -3.49. The highest BCUT2D eigenvalue weighted by Gasteiger charge is 2.21. The molecule has 150 valence electrons. The second-order valence-electron chi connectivity index (χ2n) is 6.91. The highest BCUT2D eigenvalue weighted by atomic mass is 16.2. The number of hydrogen-bond donors (Lipinski definition) is 1. The summed E-state index contributed by atoms with van der Waals surface area (Å²) in [5.41, 5.74) is 0.924. The summed E-state index contributed by atoms with van der Waals surface area (Å²) in [6.07, 6.45) is 4.06. The maximum Gasteiger partial charge on any atom is 0.224 e. The SMILES string of the molecule is Cc1ccn(-c2ccc(NCCC(=O)N3CCN(c4ccccn4)CC3)nn2)n1. The molecule has 0 saturated carbocycles. The third-order valence-corrected chi connectivity index (χ3v) is 4.86. The smallest absolute Gasteiger partial charge is 0.224 e. The summed E-state index contributed by atoms with van der Waals surface area (Å²) in [5, 5.41) is 15.8. The van der Waals surface area contributed by atoms with E-state index in [9.17, 15) is 4.79 Å². The molecule has 9 nitrogen and oxygen atoms in total. The first-order valence-electron chi connectivity index (χ1n) is 9.73. The van der Waals surface area contributed by atoms with Gasteiger partial charge in [0, 0.05) is 51.5 Å². The average Bonchev–Trinajstić information content (AvgIpc) is 3.21. The molecular weight excluding hydrogens is 368 g/mol. The summed E-state index contributed by atoms with van der Waals surface area (Å²) in [7, 11) is 0. The Morgan fingerprint density at radius 3 is 2.55 bits per heavy atom. The number of anilines is 2. The predicted octanol–water partition coefficient (Wildman–Crippen LogP) is 1.52. The minimum atomic E-state index is 0.148. The van der Waals surface area contributed by atoms with Crippen LogP contribution in [0.25, 0.3) is 5.82 Å². The largest absolute Gasteiger partial charge is 0.368 e. The van der Waals surface area contributed by atoms with Gasteiger partial charge in [0.15, 0.2) is 5.82 Å². The van der Waals surface area contributed by atoms with Crippen LogP contribution in [0.5, 0.6) is 0 Å². The van der Waals surface area contributed by atoms with Gasteiger partial charge in [0.2, 0.25) is 5.91 Å². The Morgan fingerprint density at radius 1 is 1.03 bits per heavy atom. The summed E-state index contributed by atoms with van der Waals surface area (Å²) in [6, 6.07) is 11.5. The van der Waals surface area contributed by atoms with Crippen LogP contribution in [0.3, 0.4) is 0 Å². The molecule has 3 aromatic rings. The quantitative estimate of drug-likeness (QED) is 0.680. The Labute approximate surface area is 169 Å². The topological polar surface area (TPSA) is 92.1 Å². The van der Waals surface area contributed by atoms with Crippen molar-refractivity contribution >= 4 is 17.5 Å². The van der Waals surface area contributed by atoms with E-state index in [0.717, 1.165) is 24.6 Å². The van der Waals surface area contributed by atoms with Crippen LogP contribution < -0.4 is 10.2 Å². The molecule has 9 heteroatoms. The van der Waals surface area contributed by atoms with Crippen LogP contribution in [-0.2, 0) is 4.79 Å². The van der Waals surface area contributed by atoms with Crippen LogP contribution in [0.15, 0.2) is 48.8 Å². The van der Waals surface area contributed by atoms with Gasteiger partial charge in [-0.25, -0.2) is 9.67 Å². The lowest BCUT2D eigenvalue weighted by Gasteiger charge is -2.35. The van der Waals surface area contributed by atoms with Crippen molar-refractivity contribution < 1.29 is 4.79 Å². The molecule has 3 aromatic heterocycles. The van der Waals surface area contributed by atoms with Gasteiger partial charge >= 0.3 is 0 Å². The minimum Gasteiger partial charge on any atom is -0.368 e. The summed E-state index contributed by atoms with van der Waals surface area (Å²) < 4.78 is 1.68. The molecule has 1 saturated heterocycles. The van der Waals surface area contributed by atoms with Gasteiger partial charge in [0.05, 0.1) is 5.69 Å². The highest BCUT2D eigenvalue weighted by molar-refractivity contribution is 5.77. The number of aromatic nitrogens is 5. The first-order valence-corrected chi connectivity index (χ1v) is 9.73. The lowest BCUT2D eigenvalue weighted by atomic mass is 10.2. The Bertz CT molecular complexity index is 933. The number of carbonyl (C=O) groups excluding carboxylic acids is 1. The maximum atomic E-state index is 12.5. The summed E-state index contributed by atoms with van der Waals surface area (Å²) in [6.45, 7) is 5.48. The number of nitrogens with zero attached hydrogens (tertiary/aromatic N) is 7. The van der Waals surface area contributed by atoms with Crippen molar-refractivity contribution in [1.82, 2.24) is 29.9 Å².